The molecular formula is C12H18N2O2S. The Morgan fingerprint density at radius 3 is 2.59 bits per heavy atom. The molecule has 0 aliphatic carbocycles. The molecule has 1 aliphatic heterocycles. The molecule has 0 bridgehead atoms. The van der Waals surface area contributed by atoms with Crippen molar-refractivity contribution in [2.24, 2.45) is 0 Å². The number of sulfone groups is 1. The molecule has 1 saturated heterocycles. The Balaban J connectivity index is 2.21. The van der Waals surface area contributed by atoms with Gasteiger partial charge in [-0.15, -0.1) is 0 Å². The molecule has 1 aromatic rings. The van der Waals surface area contributed by atoms with Gasteiger partial charge in [0.05, 0.1) is 11.5 Å². The maximum Gasteiger partial charge on any atom is 0.152 e. The van der Waals surface area contributed by atoms with E-state index < -0.39 is 9.84 Å². The maximum absolute atomic E-state index is 11.5. The number of benzene rings is 1. The van der Waals surface area contributed by atoms with Crippen molar-refractivity contribution < 1.29 is 8.42 Å². The summed E-state index contributed by atoms with van der Waals surface area (Å²) in [7, 11) is -2.89. The molecule has 4 nitrogen and oxygen atoms in total. The average molecular weight is 254 g/mol. The molecule has 1 atom stereocenters. The zero-order chi connectivity index (χ0) is 12.7. The van der Waals surface area contributed by atoms with Gasteiger partial charge in [-0.05, 0) is 44.0 Å². The number of anilines is 2. The van der Waals surface area contributed by atoms with Crippen LogP contribution in [0.1, 0.15) is 18.9 Å². The second kappa shape index (κ2) is 3.91. The number of nitrogen functional groups attached to an aromatic ring is 1. The highest BCUT2D eigenvalue weighted by Gasteiger charge is 2.38. The minimum Gasteiger partial charge on any atom is -0.399 e. The summed E-state index contributed by atoms with van der Waals surface area (Å²) in [6, 6.07) is 5.70. The molecule has 17 heavy (non-hydrogen) atoms. The minimum atomic E-state index is -2.89. The number of rotatable bonds is 2. The van der Waals surface area contributed by atoms with Crippen molar-refractivity contribution in [3.05, 3.63) is 23.8 Å². The SMILES string of the molecule is Cc1cc(N)cc(NC2(C)CCS(=O)(=O)C2)c1. The van der Waals surface area contributed by atoms with Crippen LogP contribution < -0.4 is 11.1 Å². The molecule has 0 saturated carbocycles. The summed E-state index contributed by atoms with van der Waals surface area (Å²) < 4.78 is 23.0. The molecule has 0 aromatic heterocycles. The van der Waals surface area contributed by atoms with E-state index in [4.69, 9.17) is 5.73 Å². The van der Waals surface area contributed by atoms with Gasteiger partial charge in [0.2, 0.25) is 0 Å². The second-order valence-corrected chi connectivity index (χ2v) is 7.34. The van der Waals surface area contributed by atoms with Crippen LogP contribution in [0.3, 0.4) is 0 Å². The predicted octanol–water partition coefficient (Wildman–Crippen LogP) is 1.57. The maximum atomic E-state index is 11.5. The van der Waals surface area contributed by atoms with E-state index in [-0.39, 0.29) is 17.0 Å². The monoisotopic (exact) mass is 254 g/mol. The van der Waals surface area contributed by atoms with Crippen LogP contribution in [0.2, 0.25) is 0 Å². The lowest BCUT2D eigenvalue weighted by Gasteiger charge is -2.25. The van der Waals surface area contributed by atoms with Crippen molar-refractivity contribution in [1.82, 2.24) is 0 Å². The lowest BCUT2D eigenvalue weighted by molar-refractivity contribution is 0.574. The molecule has 1 unspecified atom stereocenters. The largest absolute Gasteiger partial charge is 0.399 e. The first-order valence-electron chi connectivity index (χ1n) is 5.64. The van der Waals surface area contributed by atoms with Crippen LogP contribution in [0.15, 0.2) is 18.2 Å². The molecule has 0 spiro atoms. The molecule has 2 rings (SSSR count). The lowest BCUT2D eigenvalue weighted by Crippen LogP contribution is -2.35. The topological polar surface area (TPSA) is 72.2 Å². The standard InChI is InChI=1S/C12H18N2O2S/c1-9-5-10(13)7-11(6-9)14-12(2)3-4-17(15,16)8-12/h5-7,14H,3-4,8,13H2,1-2H3. The van der Waals surface area contributed by atoms with Gasteiger partial charge in [-0.2, -0.15) is 0 Å². The molecular weight excluding hydrogens is 236 g/mol. The minimum absolute atomic E-state index is 0.188. The highest BCUT2D eigenvalue weighted by molar-refractivity contribution is 7.91. The van der Waals surface area contributed by atoms with Gasteiger partial charge in [-0.3, -0.25) is 0 Å². The van der Waals surface area contributed by atoms with Crippen molar-refractivity contribution in [2.75, 3.05) is 22.6 Å². The van der Waals surface area contributed by atoms with E-state index in [1.165, 1.54) is 0 Å². The highest BCUT2D eigenvalue weighted by atomic mass is 32.2. The molecule has 1 fully saturated rings. The summed E-state index contributed by atoms with van der Waals surface area (Å²) in [5.74, 6) is 0.450. The average Bonchev–Trinajstić information content (AvgIpc) is 2.37. The summed E-state index contributed by atoms with van der Waals surface area (Å²) in [4.78, 5) is 0. The Hall–Kier alpha value is -1.23. The Morgan fingerprint density at radius 1 is 1.35 bits per heavy atom. The van der Waals surface area contributed by atoms with Gasteiger partial charge in [0, 0.05) is 16.9 Å². The summed E-state index contributed by atoms with van der Waals surface area (Å²) in [5, 5.41) is 3.30. The molecule has 3 N–H and O–H groups in total. The summed E-state index contributed by atoms with van der Waals surface area (Å²) in [6.07, 6.45) is 0.642. The van der Waals surface area contributed by atoms with E-state index in [9.17, 15) is 8.42 Å². The van der Waals surface area contributed by atoms with Crippen molar-refractivity contribution >= 4 is 21.2 Å². The van der Waals surface area contributed by atoms with Gasteiger partial charge in [-0.1, -0.05) is 0 Å². The van der Waals surface area contributed by atoms with Crippen LogP contribution in [0.25, 0.3) is 0 Å². The number of nitrogens with two attached hydrogens (primary N) is 1. The van der Waals surface area contributed by atoms with Crippen molar-refractivity contribution in [1.29, 1.82) is 0 Å². The first-order chi connectivity index (χ1) is 7.78. The van der Waals surface area contributed by atoms with Crippen LogP contribution >= 0.6 is 0 Å². The summed E-state index contributed by atoms with van der Waals surface area (Å²) >= 11 is 0. The van der Waals surface area contributed by atoms with Gasteiger partial charge in [0.15, 0.2) is 9.84 Å². The van der Waals surface area contributed by atoms with Crippen LogP contribution in [0.5, 0.6) is 0 Å². The van der Waals surface area contributed by atoms with Gasteiger partial charge < -0.3 is 11.1 Å². The first-order valence-corrected chi connectivity index (χ1v) is 7.46. The second-order valence-electron chi connectivity index (χ2n) is 5.16. The van der Waals surface area contributed by atoms with Crippen molar-refractivity contribution in [3.8, 4) is 0 Å². The Kier molecular flexibility index (Phi) is 2.81. The van der Waals surface area contributed by atoms with Gasteiger partial charge in [0.1, 0.15) is 0 Å². The summed E-state index contributed by atoms with van der Waals surface area (Å²) in [5.41, 5.74) is 8.05. The first kappa shape index (κ1) is 12.2. The fraction of sp³-hybridized carbons (Fsp3) is 0.500. The number of hydrogen-bond acceptors (Lipinski definition) is 4. The van der Waals surface area contributed by atoms with Crippen molar-refractivity contribution in [2.45, 2.75) is 25.8 Å². The zero-order valence-electron chi connectivity index (χ0n) is 10.2. The summed E-state index contributed by atoms with van der Waals surface area (Å²) in [6.45, 7) is 3.91. The lowest BCUT2D eigenvalue weighted by atomic mass is 10.0. The molecule has 1 heterocycles. The van der Waals surface area contributed by atoms with E-state index in [1.807, 2.05) is 32.0 Å². The van der Waals surface area contributed by atoms with Gasteiger partial charge >= 0.3 is 0 Å². The zero-order valence-corrected chi connectivity index (χ0v) is 11.0. The van der Waals surface area contributed by atoms with Crippen LogP contribution in [-0.4, -0.2) is 25.5 Å². The van der Waals surface area contributed by atoms with Crippen LogP contribution in [0.4, 0.5) is 11.4 Å². The van der Waals surface area contributed by atoms with Crippen LogP contribution in [0, 0.1) is 6.92 Å². The third-order valence-electron chi connectivity index (χ3n) is 3.05. The quantitative estimate of drug-likeness (QED) is 0.786. The van der Waals surface area contributed by atoms with E-state index >= 15 is 0 Å². The number of aryl methyl sites for hydroxylation is 1. The van der Waals surface area contributed by atoms with E-state index in [0.29, 0.717) is 12.1 Å². The van der Waals surface area contributed by atoms with Crippen LogP contribution in [-0.2, 0) is 9.84 Å². The van der Waals surface area contributed by atoms with Crippen molar-refractivity contribution in [3.63, 3.8) is 0 Å². The fourth-order valence-electron chi connectivity index (χ4n) is 2.34. The molecule has 0 amide bonds. The third-order valence-corrected chi connectivity index (χ3v) is 4.95. The molecule has 0 radical (unpaired) electrons. The smallest absolute Gasteiger partial charge is 0.152 e. The fourth-order valence-corrected chi connectivity index (χ4v) is 4.44. The molecule has 5 heteroatoms. The Labute approximate surface area is 102 Å². The van der Waals surface area contributed by atoms with Gasteiger partial charge in [-0.25, -0.2) is 8.42 Å². The predicted molar refractivity (Wildman–Crippen MR) is 70.9 cm³/mol. The molecule has 1 aromatic carbocycles. The number of nitrogens with one attached hydrogen (secondary N) is 1. The molecule has 1 aliphatic rings. The third kappa shape index (κ3) is 2.91. The highest BCUT2D eigenvalue weighted by Crippen LogP contribution is 2.28. The normalized spacial score (nSPS) is 26.9. The van der Waals surface area contributed by atoms with E-state index in [1.54, 1.807) is 0 Å². The molecule has 94 valence electrons. The van der Waals surface area contributed by atoms with E-state index in [0.717, 1.165) is 11.3 Å². The number of hydrogen-bond donors (Lipinski definition) is 2. The van der Waals surface area contributed by atoms with Gasteiger partial charge in [0.25, 0.3) is 0 Å². The Bertz CT molecular complexity index is 519. The Morgan fingerprint density at radius 2 is 2.06 bits per heavy atom. The van der Waals surface area contributed by atoms with E-state index in [2.05, 4.69) is 5.32 Å².